The predicted octanol–water partition coefficient (Wildman–Crippen LogP) is 3.86. The second-order valence-electron chi connectivity index (χ2n) is 2.73. The molecule has 0 aliphatic heterocycles. The van der Waals surface area contributed by atoms with Crippen LogP contribution in [-0.4, -0.2) is 5.91 Å². The molecule has 0 aromatic heterocycles. The molecule has 0 radical (unpaired) electrons. The smallest absolute Gasteiger partial charge is 0.238 e. The summed E-state index contributed by atoms with van der Waals surface area (Å²) in [6.45, 7) is 0. The van der Waals surface area contributed by atoms with Crippen LogP contribution in [0.4, 0.5) is 10.1 Å². The standard InChI is InChI=1S/C9H4Br2ClFN2O/c10-4-3-5(11)9(7(12)8(4)13)15-6(16)1-2-14/h3H,1H2,(H,15,16). The Morgan fingerprint density at radius 2 is 2.19 bits per heavy atom. The number of anilines is 1. The lowest BCUT2D eigenvalue weighted by atomic mass is 10.3. The van der Waals surface area contributed by atoms with Gasteiger partial charge in [0.15, 0.2) is 5.82 Å². The van der Waals surface area contributed by atoms with Crippen LogP contribution in [0.25, 0.3) is 0 Å². The quantitative estimate of drug-likeness (QED) is 0.635. The molecule has 0 spiro atoms. The number of hydrogen-bond acceptors (Lipinski definition) is 2. The molecule has 0 fully saturated rings. The van der Waals surface area contributed by atoms with Crippen LogP contribution in [0.15, 0.2) is 15.0 Å². The third kappa shape index (κ3) is 2.94. The molecule has 0 saturated carbocycles. The lowest BCUT2D eigenvalue weighted by Gasteiger charge is -2.09. The van der Waals surface area contributed by atoms with E-state index >= 15 is 0 Å². The van der Waals surface area contributed by atoms with Gasteiger partial charge in [-0.25, -0.2) is 4.39 Å². The fourth-order valence-corrected chi connectivity index (χ4v) is 2.68. The topological polar surface area (TPSA) is 52.9 Å². The van der Waals surface area contributed by atoms with Gasteiger partial charge in [-0.1, -0.05) is 11.6 Å². The van der Waals surface area contributed by atoms with Crippen LogP contribution in [0, 0.1) is 17.1 Å². The number of nitrogens with zero attached hydrogens (tertiary/aromatic N) is 1. The minimum absolute atomic E-state index is 0.114. The zero-order chi connectivity index (χ0) is 12.3. The van der Waals surface area contributed by atoms with Gasteiger partial charge < -0.3 is 5.32 Å². The molecular formula is C9H4Br2ClFN2O. The average molecular weight is 370 g/mol. The minimum atomic E-state index is -0.669. The van der Waals surface area contributed by atoms with Gasteiger partial charge in [0.1, 0.15) is 11.4 Å². The highest BCUT2D eigenvalue weighted by atomic mass is 79.9. The highest BCUT2D eigenvalue weighted by molar-refractivity contribution is 9.11. The molecule has 0 aliphatic rings. The second kappa shape index (κ2) is 5.62. The number of nitriles is 1. The largest absolute Gasteiger partial charge is 0.323 e. The number of benzene rings is 1. The Balaban J connectivity index is 3.11. The van der Waals surface area contributed by atoms with E-state index in [1.807, 2.05) is 0 Å². The molecule has 1 N–H and O–H groups in total. The van der Waals surface area contributed by atoms with Crippen molar-refractivity contribution < 1.29 is 9.18 Å². The van der Waals surface area contributed by atoms with Crippen LogP contribution in [0.5, 0.6) is 0 Å². The van der Waals surface area contributed by atoms with Crippen LogP contribution >= 0.6 is 43.5 Å². The Hall–Kier alpha value is -0.640. The molecule has 7 heteroatoms. The molecule has 3 nitrogen and oxygen atoms in total. The van der Waals surface area contributed by atoms with Crippen molar-refractivity contribution in [3.8, 4) is 6.07 Å². The average Bonchev–Trinajstić information content (AvgIpc) is 2.22. The molecule has 0 heterocycles. The zero-order valence-electron chi connectivity index (χ0n) is 7.65. The molecule has 1 amide bonds. The highest BCUT2D eigenvalue weighted by Crippen LogP contribution is 2.37. The Kier molecular flexibility index (Phi) is 4.71. The van der Waals surface area contributed by atoms with Crippen molar-refractivity contribution in [2.24, 2.45) is 0 Å². The number of carbonyl (C=O) groups excluding carboxylic acids is 1. The number of nitrogens with one attached hydrogen (secondary N) is 1. The summed E-state index contributed by atoms with van der Waals surface area (Å²) in [7, 11) is 0. The first-order valence-electron chi connectivity index (χ1n) is 3.97. The van der Waals surface area contributed by atoms with E-state index in [0.717, 1.165) is 0 Å². The van der Waals surface area contributed by atoms with Crippen LogP contribution < -0.4 is 5.32 Å². The van der Waals surface area contributed by atoms with E-state index in [9.17, 15) is 9.18 Å². The van der Waals surface area contributed by atoms with Gasteiger partial charge in [0.25, 0.3) is 0 Å². The van der Waals surface area contributed by atoms with E-state index in [0.29, 0.717) is 4.47 Å². The van der Waals surface area contributed by atoms with E-state index in [1.54, 1.807) is 6.07 Å². The van der Waals surface area contributed by atoms with Gasteiger partial charge in [0.05, 0.1) is 16.2 Å². The molecule has 0 unspecified atom stereocenters. The summed E-state index contributed by atoms with van der Waals surface area (Å²) in [5.41, 5.74) is 0.114. The van der Waals surface area contributed by atoms with Crippen LogP contribution in [0.3, 0.4) is 0 Å². The first kappa shape index (κ1) is 13.4. The maximum Gasteiger partial charge on any atom is 0.238 e. The molecule has 16 heavy (non-hydrogen) atoms. The Labute approximate surface area is 113 Å². The Morgan fingerprint density at radius 1 is 1.56 bits per heavy atom. The molecule has 1 rings (SSSR count). The van der Waals surface area contributed by atoms with Gasteiger partial charge in [0, 0.05) is 4.47 Å². The van der Waals surface area contributed by atoms with E-state index in [2.05, 4.69) is 37.2 Å². The fraction of sp³-hybridized carbons (Fsp3) is 0.111. The zero-order valence-corrected chi connectivity index (χ0v) is 11.6. The molecule has 0 aliphatic carbocycles. The van der Waals surface area contributed by atoms with Crippen molar-refractivity contribution >= 4 is 55.1 Å². The first-order chi connectivity index (χ1) is 7.47. The molecule has 1 aromatic rings. The van der Waals surface area contributed by atoms with Crippen molar-refractivity contribution in [3.05, 3.63) is 25.9 Å². The normalized spacial score (nSPS) is 9.69. The van der Waals surface area contributed by atoms with Crippen molar-refractivity contribution in [1.82, 2.24) is 0 Å². The van der Waals surface area contributed by atoms with Gasteiger partial charge in [-0.15, -0.1) is 0 Å². The number of halogens is 4. The Morgan fingerprint density at radius 3 is 2.75 bits per heavy atom. The molecule has 0 atom stereocenters. The third-order valence-corrected chi connectivity index (χ3v) is 3.18. The van der Waals surface area contributed by atoms with Gasteiger partial charge in [-0.3, -0.25) is 4.79 Å². The summed E-state index contributed by atoms with van der Waals surface area (Å²) >= 11 is 11.8. The number of hydrogen-bond donors (Lipinski definition) is 1. The van der Waals surface area contributed by atoms with Crippen molar-refractivity contribution in [2.75, 3.05) is 5.32 Å². The van der Waals surface area contributed by atoms with E-state index in [4.69, 9.17) is 16.9 Å². The molecule has 84 valence electrons. The minimum Gasteiger partial charge on any atom is -0.323 e. The SMILES string of the molecule is N#CCC(=O)Nc1c(Br)cc(Br)c(F)c1Cl. The first-order valence-corrected chi connectivity index (χ1v) is 5.93. The summed E-state index contributed by atoms with van der Waals surface area (Å²) in [6, 6.07) is 3.10. The van der Waals surface area contributed by atoms with E-state index < -0.39 is 11.7 Å². The van der Waals surface area contributed by atoms with E-state index in [1.165, 1.54) is 6.07 Å². The van der Waals surface area contributed by atoms with Gasteiger partial charge in [-0.2, -0.15) is 5.26 Å². The summed E-state index contributed by atoms with van der Waals surface area (Å²) < 4.78 is 14.0. The third-order valence-electron chi connectivity index (χ3n) is 1.62. The summed E-state index contributed by atoms with van der Waals surface area (Å²) in [5.74, 6) is -1.22. The van der Waals surface area contributed by atoms with Crippen molar-refractivity contribution in [2.45, 2.75) is 6.42 Å². The Bertz CT molecular complexity index is 487. The van der Waals surface area contributed by atoms with Crippen molar-refractivity contribution in [3.63, 3.8) is 0 Å². The molecule has 1 aromatic carbocycles. The van der Waals surface area contributed by atoms with Gasteiger partial charge in [0.2, 0.25) is 5.91 Å². The van der Waals surface area contributed by atoms with Crippen LogP contribution in [0.1, 0.15) is 6.42 Å². The lowest BCUT2D eigenvalue weighted by Crippen LogP contribution is -2.11. The fourth-order valence-electron chi connectivity index (χ4n) is 0.936. The number of carbonyl (C=O) groups is 1. The monoisotopic (exact) mass is 368 g/mol. The molecular weight excluding hydrogens is 366 g/mol. The predicted molar refractivity (Wildman–Crippen MR) is 65.7 cm³/mol. The maximum absolute atomic E-state index is 13.4. The van der Waals surface area contributed by atoms with Gasteiger partial charge >= 0.3 is 0 Å². The summed E-state index contributed by atoms with van der Waals surface area (Å²) in [5, 5.41) is 10.4. The summed E-state index contributed by atoms with van der Waals surface area (Å²) in [4.78, 5) is 11.2. The summed E-state index contributed by atoms with van der Waals surface area (Å²) in [6.07, 6.45) is -0.319. The maximum atomic E-state index is 13.4. The van der Waals surface area contributed by atoms with E-state index in [-0.39, 0.29) is 21.6 Å². The van der Waals surface area contributed by atoms with Crippen LogP contribution in [-0.2, 0) is 4.79 Å². The van der Waals surface area contributed by atoms with Gasteiger partial charge in [-0.05, 0) is 37.9 Å². The lowest BCUT2D eigenvalue weighted by molar-refractivity contribution is -0.115. The molecule has 0 bridgehead atoms. The number of amides is 1. The molecule has 0 saturated heterocycles. The second-order valence-corrected chi connectivity index (χ2v) is 4.81. The number of rotatable bonds is 2. The highest BCUT2D eigenvalue weighted by Gasteiger charge is 2.16. The van der Waals surface area contributed by atoms with Crippen molar-refractivity contribution in [1.29, 1.82) is 5.26 Å². The van der Waals surface area contributed by atoms with Crippen LogP contribution in [0.2, 0.25) is 5.02 Å².